The van der Waals surface area contributed by atoms with Gasteiger partial charge in [0.15, 0.2) is 11.6 Å². The van der Waals surface area contributed by atoms with Gasteiger partial charge in [-0.2, -0.15) is 0 Å². The first-order valence-corrected chi connectivity index (χ1v) is 10.1. The van der Waals surface area contributed by atoms with E-state index in [0.29, 0.717) is 6.42 Å². The zero-order valence-corrected chi connectivity index (χ0v) is 15.2. The quantitative estimate of drug-likeness (QED) is 0.696. The van der Waals surface area contributed by atoms with Crippen molar-refractivity contribution in [2.45, 2.75) is 49.8 Å². The highest BCUT2D eigenvalue weighted by atomic mass is 28.4. The summed E-state index contributed by atoms with van der Waals surface area (Å²) < 4.78 is 43.9. The predicted molar refractivity (Wildman–Crippen MR) is 87.5 cm³/mol. The van der Waals surface area contributed by atoms with Gasteiger partial charge in [-0.05, 0) is 49.4 Å². The molecule has 1 unspecified atom stereocenters. The van der Waals surface area contributed by atoms with Gasteiger partial charge in [0.1, 0.15) is 5.22 Å². The lowest BCUT2D eigenvalue weighted by atomic mass is 10.0. The van der Waals surface area contributed by atoms with Crippen molar-refractivity contribution >= 4 is 8.56 Å². The summed E-state index contributed by atoms with van der Waals surface area (Å²) in [6, 6.07) is 5.02. The smallest absolute Gasteiger partial charge is 0.370 e. The summed E-state index contributed by atoms with van der Waals surface area (Å²) in [5.41, 5.74) is 0.799. The Balaban J connectivity index is 2.06. The van der Waals surface area contributed by atoms with Gasteiger partial charge in [0.2, 0.25) is 0 Å². The molecule has 0 aromatic heterocycles. The third kappa shape index (κ3) is 3.65. The van der Waals surface area contributed by atoms with E-state index in [1.54, 1.807) is 27.4 Å². The molecule has 0 saturated carbocycles. The molecule has 0 N–H and O–H groups in total. The minimum atomic E-state index is -2.42. The molecular weight excluding hydrogens is 318 g/mol. The van der Waals surface area contributed by atoms with Crippen LogP contribution >= 0.6 is 0 Å². The van der Waals surface area contributed by atoms with E-state index < -0.39 is 20.2 Å². The molecular formula is C17H26F2O3Si. The predicted octanol–water partition coefficient (Wildman–Crippen LogP) is 4.13. The second kappa shape index (κ2) is 7.83. The molecule has 1 aromatic rings. The van der Waals surface area contributed by atoms with E-state index in [1.807, 2.05) is 0 Å². The van der Waals surface area contributed by atoms with Crippen LogP contribution in [0.15, 0.2) is 18.2 Å². The highest BCUT2D eigenvalue weighted by Crippen LogP contribution is 2.43. The molecule has 1 fully saturated rings. The molecule has 6 heteroatoms. The monoisotopic (exact) mass is 344 g/mol. The molecule has 1 saturated heterocycles. The molecule has 0 bridgehead atoms. The summed E-state index contributed by atoms with van der Waals surface area (Å²) in [6.45, 7) is 0. The average Bonchev–Trinajstić information content (AvgIpc) is 2.58. The highest BCUT2D eigenvalue weighted by Gasteiger charge is 2.58. The van der Waals surface area contributed by atoms with Gasteiger partial charge in [0.05, 0.1) is 0 Å². The first-order chi connectivity index (χ1) is 11.0. The second-order valence-electron chi connectivity index (χ2n) is 6.17. The Morgan fingerprint density at radius 1 is 1.09 bits per heavy atom. The van der Waals surface area contributed by atoms with Crippen LogP contribution in [0.25, 0.3) is 0 Å². The van der Waals surface area contributed by atoms with E-state index in [2.05, 4.69) is 0 Å². The van der Waals surface area contributed by atoms with Gasteiger partial charge in [-0.1, -0.05) is 18.9 Å². The molecule has 2 rings (SSSR count). The van der Waals surface area contributed by atoms with Crippen molar-refractivity contribution in [1.82, 2.24) is 0 Å². The molecule has 23 heavy (non-hydrogen) atoms. The van der Waals surface area contributed by atoms with Crippen LogP contribution in [0.4, 0.5) is 8.78 Å². The van der Waals surface area contributed by atoms with Gasteiger partial charge in [0.25, 0.3) is 0 Å². The maximum Gasteiger partial charge on any atom is 0.370 e. The fourth-order valence-corrected chi connectivity index (χ4v) is 7.71. The number of aryl methyl sites for hydroxylation is 1. The van der Waals surface area contributed by atoms with Crippen LogP contribution in [0, 0.1) is 11.6 Å². The van der Waals surface area contributed by atoms with E-state index in [9.17, 15) is 8.78 Å². The number of ether oxygens (including phenoxy) is 1. The lowest BCUT2D eigenvalue weighted by molar-refractivity contribution is -0.0156. The van der Waals surface area contributed by atoms with Crippen LogP contribution in [0.3, 0.4) is 0 Å². The number of methoxy groups -OCH3 is 1. The van der Waals surface area contributed by atoms with Crippen LogP contribution in [0.5, 0.6) is 0 Å². The third-order valence-corrected chi connectivity index (χ3v) is 9.53. The second-order valence-corrected chi connectivity index (χ2v) is 9.90. The lowest BCUT2D eigenvalue weighted by Crippen LogP contribution is -2.64. The van der Waals surface area contributed by atoms with Crippen molar-refractivity contribution in [1.29, 1.82) is 0 Å². The highest BCUT2D eigenvalue weighted by molar-refractivity contribution is 6.70. The van der Waals surface area contributed by atoms with Gasteiger partial charge in [-0.3, -0.25) is 0 Å². The van der Waals surface area contributed by atoms with Crippen molar-refractivity contribution in [2.24, 2.45) is 0 Å². The largest absolute Gasteiger partial charge is 0.396 e. The summed E-state index contributed by atoms with van der Waals surface area (Å²) in [5.74, 6) is -1.60. The average molecular weight is 344 g/mol. The normalized spacial score (nSPS) is 23.9. The van der Waals surface area contributed by atoms with Crippen molar-refractivity contribution in [3.8, 4) is 0 Å². The van der Waals surface area contributed by atoms with Crippen LogP contribution in [-0.2, 0) is 20.0 Å². The van der Waals surface area contributed by atoms with Crippen LogP contribution in [0.2, 0.25) is 6.04 Å². The lowest BCUT2D eigenvalue weighted by Gasteiger charge is -2.48. The van der Waals surface area contributed by atoms with Gasteiger partial charge in [-0.15, -0.1) is 0 Å². The molecule has 1 heterocycles. The van der Waals surface area contributed by atoms with Crippen molar-refractivity contribution in [2.75, 3.05) is 21.3 Å². The molecule has 0 aliphatic carbocycles. The van der Waals surface area contributed by atoms with E-state index >= 15 is 0 Å². The molecule has 1 aliphatic heterocycles. The first-order valence-electron chi connectivity index (χ1n) is 8.12. The molecule has 0 amide bonds. The zero-order chi connectivity index (χ0) is 16.9. The van der Waals surface area contributed by atoms with Crippen molar-refractivity contribution < 1.29 is 22.4 Å². The van der Waals surface area contributed by atoms with E-state index in [4.69, 9.17) is 13.6 Å². The number of rotatable bonds is 7. The zero-order valence-electron chi connectivity index (χ0n) is 14.2. The van der Waals surface area contributed by atoms with Gasteiger partial charge in [0, 0.05) is 21.3 Å². The van der Waals surface area contributed by atoms with Gasteiger partial charge >= 0.3 is 8.56 Å². The van der Waals surface area contributed by atoms with Crippen LogP contribution < -0.4 is 0 Å². The Bertz CT molecular complexity index is 523. The van der Waals surface area contributed by atoms with Gasteiger partial charge < -0.3 is 13.6 Å². The minimum Gasteiger partial charge on any atom is -0.396 e. The topological polar surface area (TPSA) is 27.7 Å². The van der Waals surface area contributed by atoms with Crippen LogP contribution in [-0.4, -0.2) is 35.1 Å². The Labute approximate surface area is 138 Å². The van der Waals surface area contributed by atoms with E-state index in [1.165, 1.54) is 12.1 Å². The number of hydrogen-bond donors (Lipinski definition) is 0. The summed E-state index contributed by atoms with van der Waals surface area (Å²) in [6.07, 6.45) is 5.43. The molecule has 0 spiro atoms. The Morgan fingerprint density at radius 3 is 2.43 bits per heavy atom. The molecule has 1 aliphatic rings. The number of hydrogen-bond acceptors (Lipinski definition) is 3. The number of benzene rings is 1. The first kappa shape index (κ1) is 18.5. The Morgan fingerprint density at radius 2 is 1.83 bits per heavy atom. The fraction of sp³-hybridized carbons (Fsp3) is 0.647. The molecule has 1 atom stereocenters. The summed E-state index contributed by atoms with van der Waals surface area (Å²) in [5, 5.41) is -0.368. The summed E-state index contributed by atoms with van der Waals surface area (Å²) in [4.78, 5) is 0. The fourth-order valence-electron chi connectivity index (χ4n) is 3.79. The third-order valence-electron chi connectivity index (χ3n) is 5.11. The van der Waals surface area contributed by atoms with E-state index in [-0.39, 0.29) is 5.22 Å². The molecule has 3 nitrogen and oxygen atoms in total. The maximum atomic E-state index is 13.3. The Hall–Kier alpha value is -0.823. The van der Waals surface area contributed by atoms with Gasteiger partial charge in [-0.25, -0.2) is 8.78 Å². The van der Waals surface area contributed by atoms with Crippen molar-refractivity contribution in [3.05, 3.63) is 35.4 Å². The SMILES string of the molecule is COC1(CCCc2ccc(F)c(F)c2)CCCC[Si]1(OC)OC. The molecule has 1 aromatic carbocycles. The van der Waals surface area contributed by atoms with Crippen LogP contribution in [0.1, 0.15) is 37.7 Å². The molecule has 130 valence electrons. The summed E-state index contributed by atoms with van der Waals surface area (Å²) in [7, 11) is 2.73. The summed E-state index contributed by atoms with van der Waals surface area (Å²) >= 11 is 0. The standard InChI is InChI=1S/C17H26F2O3Si/c1-20-17(10-4-5-12-23(17,21-2)22-3)11-6-7-14-8-9-15(18)16(19)13-14/h8-9,13H,4-7,10-12H2,1-3H3. The van der Waals surface area contributed by atoms with Crippen molar-refractivity contribution in [3.63, 3.8) is 0 Å². The molecule has 0 radical (unpaired) electrons. The van der Waals surface area contributed by atoms with E-state index in [0.717, 1.165) is 43.7 Å². The Kier molecular flexibility index (Phi) is 6.31. The maximum absolute atomic E-state index is 13.3. The minimum absolute atomic E-state index is 0.368. The number of halogens is 2.